The van der Waals surface area contributed by atoms with E-state index < -0.39 is 0 Å². The van der Waals surface area contributed by atoms with Gasteiger partial charge in [-0.25, -0.2) is 9.98 Å². The zero-order valence-electron chi connectivity index (χ0n) is 12.6. The number of amidine groups is 1. The first-order chi connectivity index (χ1) is 11.8. The molecular weight excluding hydrogens is 324 g/mol. The van der Waals surface area contributed by atoms with Crippen molar-refractivity contribution in [1.29, 1.82) is 0 Å². The number of furan rings is 2. The molecule has 1 N–H and O–H groups in total. The third kappa shape index (κ3) is 2.88. The summed E-state index contributed by atoms with van der Waals surface area (Å²) in [5, 5.41) is 10.4. The molecule has 0 saturated carbocycles. The third-order valence-corrected chi connectivity index (χ3v) is 4.84. The van der Waals surface area contributed by atoms with Gasteiger partial charge in [-0.3, -0.25) is 0 Å². The summed E-state index contributed by atoms with van der Waals surface area (Å²) in [6, 6.07) is 14.4. The lowest BCUT2D eigenvalue weighted by molar-refractivity contribution is 0.432. The van der Waals surface area contributed by atoms with Crippen molar-refractivity contribution in [3.8, 4) is 5.75 Å². The minimum atomic E-state index is -0.187. The highest BCUT2D eigenvalue weighted by molar-refractivity contribution is 8.14. The molecule has 3 aromatic rings. The number of thioether (sulfide) groups is 1. The van der Waals surface area contributed by atoms with Crippen LogP contribution in [0.15, 0.2) is 79.9 Å². The fourth-order valence-corrected chi connectivity index (χ4v) is 3.61. The van der Waals surface area contributed by atoms with Crippen molar-refractivity contribution in [3.05, 3.63) is 78.1 Å². The van der Waals surface area contributed by atoms with Crippen LogP contribution in [-0.2, 0) is 0 Å². The SMILES string of the molecule is Oc1ccccc1C=NC1=N[C@@H](c2ccco2)[C@@H](c2ccco2)S1. The Labute approximate surface area is 142 Å². The molecule has 3 heterocycles. The van der Waals surface area contributed by atoms with Crippen LogP contribution >= 0.6 is 11.8 Å². The van der Waals surface area contributed by atoms with Crippen LogP contribution in [0.4, 0.5) is 0 Å². The minimum absolute atomic E-state index is 0.0253. The molecule has 0 saturated heterocycles. The molecule has 0 fully saturated rings. The number of phenolic OH excluding ortho intramolecular Hbond substituents is 1. The summed E-state index contributed by atoms with van der Waals surface area (Å²) in [5.74, 6) is 1.80. The highest BCUT2D eigenvalue weighted by atomic mass is 32.2. The predicted molar refractivity (Wildman–Crippen MR) is 93.6 cm³/mol. The molecule has 2 aromatic heterocycles. The molecule has 1 aliphatic rings. The maximum atomic E-state index is 9.82. The van der Waals surface area contributed by atoms with E-state index in [4.69, 9.17) is 8.83 Å². The van der Waals surface area contributed by atoms with Crippen LogP contribution in [-0.4, -0.2) is 16.5 Å². The van der Waals surface area contributed by atoms with Crippen LogP contribution in [0.5, 0.6) is 5.75 Å². The number of aromatic hydroxyl groups is 1. The molecule has 0 amide bonds. The number of rotatable bonds is 3. The molecule has 120 valence electrons. The molecule has 0 unspecified atom stereocenters. The Balaban J connectivity index is 1.62. The van der Waals surface area contributed by atoms with E-state index in [1.54, 1.807) is 36.9 Å². The second-order valence-electron chi connectivity index (χ2n) is 5.24. The van der Waals surface area contributed by atoms with Crippen molar-refractivity contribution >= 4 is 23.1 Å². The number of aliphatic imine (C=N–C) groups is 2. The van der Waals surface area contributed by atoms with Gasteiger partial charge >= 0.3 is 0 Å². The van der Waals surface area contributed by atoms with Crippen LogP contribution < -0.4 is 0 Å². The van der Waals surface area contributed by atoms with Gasteiger partial charge in [-0.05, 0) is 36.4 Å². The number of phenols is 1. The third-order valence-electron chi connectivity index (χ3n) is 3.68. The van der Waals surface area contributed by atoms with Gasteiger partial charge < -0.3 is 13.9 Å². The van der Waals surface area contributed by atoms with Gasteiger partial charge in [0.15, 0.2) is 5.17 Å². The summed E-state index contributed by atoms with van der Waals surface area (Å²) in [6.07, 6.45) is 4.90. The van der Waals surface area contributed by atoms with Gasteiger partial charge in [0.25, 0.3) is 0 Å². The van der Waals surface area contributed by atoms with Gasteiger partial charge in [0.1, 0.15) is 28.6 Å². The molecule has 1 aliphatic heterocycles. The summed E-state index contributed by atoms with van der Waals surface area (Å²) in [7, 11) is 0. The molecule has 0 spiro atoms. The Hall–Kier alpha value is -2.73. The average Bonchev–Trinajstić information content (AvgIpc) is 3.33. The lowest BCUT2D eigenvalue weighted by Crippen LogP contribution is -1.99. The topological polar surface area (TPSA) is 71.2 Å². The van der Waals surface area contributed by atoms with E-state index >= 15 is 0 Å². The maximum absolute atomic E-state index is 9.82. The van der Waals surface area contributed by atoms with Crippen LogP contribution in [0, 0.1) is 0 Å². The van der Waals surface area contributed by atoms with Crippen LogP contribution in [0.25, 0.3) is 0 Å². The lowest BCUT2D eigenvalue weighted by atomic mass is 10.1. The van der Waals surface area contributed by atoms with Gasteiger partial charge in [0.2, 0.25) is 0 Å². The molecule has 0 bridgehead atoms. The summed E-state index contributed by atoms with van der Waals surface area (Å²) in [4.78, 5) is 9.08. The fraction of sp³-hybridized carbons (Fsp3) is 0.111. The highest BCUT2D eigenvalue weighted by Crippen LogP contribution is 2.48. The molecule has 5 nitrogen and oxygen atoms in total. The van der Waals surface area contributed by atoms with E-state index in [9.17, 15) is 5.11 Å². The number of hydrogen-bond donors (Lipinski definition) is 1. The Bertz CT molecular complexity index is 870. The first kappa shape index (κ1) is 14.8. The molecule has 24 heavy (non-hydrogen) atoms. The van der Waals surface area contributed by atoms with Gasteiger partial charge in [-0.15, -0.1) is 0 Å². The Morgan fingerprint density at radius 2 is 1.75 bits per heavy atom. The van der Waals surface area contributed by atoms with Crippen molar-refractivity contribution in [3.63, 3.8) is 0 Å². The first-order valence-corrected chi connectivity index (χ1v) is 8.32. The largest absolute Gasteiger partial charge is 0.507 e. The molecule has 0 radical (unpaired) electrons. The zero-order chi connectivity index (χ0) is 16.4. The van der Waals surface area contributed by atoms with E-state index in [-0.39, 0.29) is 17.0 Å². The number of para-hydroxylation sites is 1. The Morgan fingerprint density at radius 1 is 1.00 bits per heavy atom. The zero-order valence-corrected chi connectivity index (χ0v) is 13.4. The molecule has 4 rings (SSSR count). The second kappa shape index (κ2) is 6.41. The van der Waals surface area contributed by atoms with E-state index in [0.717, 1.165) is 11.5 Å². The van der Waals surface area contributed by atoms with Gasteiger partial charge in [0.05, 0.1) is 12.5 Å². The number of hydrogen-bond acceptors (Lipinski definition) is 6. The molecular formula is C18H14N2O3S. The van der Waals surface area contributed by atoms with Crippen molar-refractivity contribution < 1.29 is 13.9 Å². The number of benzene rings is 1. The van der Waals surface area contributed by atoms with Crippen molar-refractivity contribution in [1.82, 2.24) is 0 Å². The Kier molecular flexibility index (Phi) is 3.96. The summed E-state index contributed by atoms with van der Waals surface area (Å²) < 4.78 is 11.1. The molecule has 0 aliphatic carbocycles. The van der Waals surface area contributed by atoms with Crippen molar-refractivity contribution in [2.45, 2.75) is 11.3 Å². The second-order valence-corrected chi connectivity index (χ2v) is 6.35. The lowest BCUT2D eigenvalue weighted by Gasteiger charge is -2.11. The standard InChI is InChI=1S/C18H14N2O3S/c21-13-6-2-1-5-12(13)11-19-18-20-16(14-7-3-9-22-14)17(24-18)15-8-4-10-23-15/h1-11,16-17,21H/t16-,17+/m0/s1. The summed E-state index contributed by atoms with van der Waals surface area (Å²) in [5.41, 5.74) is 0.650. The molecule has 2 atom stereocenters. The fourth-order valence-electron chi connectivity index (χ4n) is 2.52. The summed E-state index contributed by atoms with van der Waals surface area (Å²) in [6.45, 7) is 0. The van der Waals surface area contributed by atoms with Crippen molar-refractivity contribution in [2.75, 3.05) is 0 Å². The van der Waals surface area contributed by atoms with Crippen LogP contribution in [0.2, 0.25) is 0 Å². The quantitative estimate of drug-likeness (QED) is 0.709. The predicted octanol–water partition coefficient (Wildman–Crippen LogP) is 4.58. The molecule has 6 heteroatoms. The van der Waals surface area contributed by atoms with E-state index in [1.165, 1.54) is 11.8 Å². The molecule has 1 aromatic carbocycles. The van der Waals surface area contributed by atoms with E-state index in [2.05, 4.69) is 9.98 Å². The summed E-state index contributed by atoms with van der Waals surface area (Å²) >= 11 is 1.52. The minimum Gasteiger partial charge on any atom is -0.507 e. The van der Waals surface area contributed by atoms with Crippen LogP contribution in [0.3, 0.4) is 0 Å². The van der Waals surface area contributed by atoms with Crippen LogP contribution in [0.1, 0.15) is 28.4 Å². The van der Waals surface area contributed by atoms with Gasteiger partial charge in [-0.2, -0.15) is 0 Å². The maximum Gasteiger partial charge on any atom is 0.184 e. The van der Waals surface area contributed by atoms with Gasteiger partial charge in [-0.1, -0.05) is 23.9 Å². The first-order valence-electron chi connectivity index (χ1n) is 7.44. The van der Waals surface area contributed by atoms with E-state index in [0.29, 0.717) is 10.7 Å². The van der Waals surface area contributed by atoms with Crippen molar-refractivity contribution in [2.24, 2.45) is 9.98 Å². The highest BCUT2D eigenvalue weighted by Gasteiger charge is 2.36. The monoisotopic (exact) mass is 338 g/mol. The number of nitrogens with zero attached hydrogens (tertiary/aromatic N) is 2. The van der Waals surface area contributed by atoms with E-state index in [1.807, 2.05) is 30.3 Å². The normalized spacial score (nSPS) is 20.6. The Morgan fingerprint density at radius 3 is 2.46 bits per heavy atom. The average molecular weight is 338 g/mol. The smallest absolute Gasteiger partial charge is 0.184 e. The van der Waals surface area contributed by atoms with Gasteiger partial charge in [0, 0.05) is 11.8 Å².